The van der Waals surface area contributed by atoms with E-state index in [1.165, 1.54) is 12.8 Å². The predicted octanol–water partition coefficient (Wildman–Crippen LogP) is 3.13. The highest BCUT2D eigenvalue weighted by Crippen LogP contribution is 2.18. The van der Waals surface area contributed by atoms with E-state index in [1.54, 1.807) is 24.3 Å². The molecule has 0 spiro atoms. The molecule has 2 N–H and O–H groups in total. The van der Waals surface area contributed by atoms with Gasteiger partial charge in [0.05, 0.1) is 12.2 Å². The fourth-order valence-electron chi connectivity index (χ4n) is 2.89. The Kier molecular flexibility index (Phi) is 5.11. The average Bonchev–Trinajstić information content (AvgIpc) is 3.02. The van der Waals surface area contributed by atoms with Crippen LogP contribution in [0.15, 0.2) is 30.5 Å². The summed E-state index contributed by atoms with van der Waals surface area (Å²) in [4.78, 5) is 29.1. The van der Waals surface area contributed by atoms with E-state index in [9.17, 15) is 9.59 Å². The van der Waals surface area contributed by atoms with E-state index >= 15 is 0 Å². The number of hydrogen-bond acceptors (Lipinski definition) is 3. The molecule has 1 aliphatic rings. The highest BCUT2D eigenvalue weighted by Gasteiger charge is 2.21. The molecule has 6 heteroatoms. The van der Waals surface area contributed by atoms with Gasteiger partial charge in [-0.25, -0.2) is 4.98 Å². The first-order valence-corrected chi connectivity index (χ1v) is 9.07. The molecule has 2 aromatic rings. The topological polar surface area (TPSA) is 76.0 Å². The predicted molar refractivity (Wildman–Crippen MR) is 101 cm³/mol. The van der Waals surface area contributed by atoms with Crippen LogP contribution in [0.3, 0.4) is 0 Å². The second kappa shape index (κ2) is 7.32. The van der Waals surface area contributed by atoms with E-state index in [2.05, 4.69) is 20.2 Å². The smallest absolute Gasteiger partial charge is 0.251 e. The Balaban J connectivity index is 1.62. The van der Waals surface area contributed by atoms with Gasteiger partial charge in [0.15, 0.2) is 0 Å². The van der Waals surface area contributed by atoms with E-state index in [4.69, 9.17) is 0 Å². The van der Waals surface area contributed by atoms with Crippen LogP contribution in [-0.4, -0.2) is 21.4 Å². The molecule has 2 amide bonds. The number of benzene rings is 1. The third-order valence-electron chi connectivity index (χ3n) is 4.45. The molecule has 3 rings (SSSR count). The molecule has 0 atom stereocenters. The Bertz CT molecular complexity index is 794. The Morgan fingerprint density at radius 2 is 2.04 bits per heavy atom. The number of carbonyl (C=O) groups excluding carboxylic acids is 2. The molecule has 0 unspecified atom stereocenters. The lowest BCUT2D eigenvalue weighted by Crippen LogP contribution is -2.28. The zero-order chi connectivity index (χ0) is 18.7. The minimum Gasteiger partial charge on any atom is -0.346 e. The number of nitrogens with one attached hydrogen (secondary N) is 2. The quantitative estimate of drug-likeness (QED) is 0.886. The zero-order valence-electron chi connectivity index (χ0n) is 15.6. The van der Waals surface area contributed by atoms with Crippen LogP contribution in [0.4, 0.5) is 5.69 Å². The van der Waals surface area contributed by atoms with Crippen molar-refractivity contribution < 1.29 is 9.59 Å². The number of nitrogens with zero attached hydrogens (tertiary/aromatic N) is 2. The van der Waals surface area contributed by atoms with Gasteiger partial charge in [0.25, 0.3) is 5.91 Å². The number of amides is 2. The van der Waals surface area contributed by atoms with Crippen molar-refractivity contribution in [3.05, 3.63) is 47.5 Å². The largest absolute Gasteiger partial charge is 0.346 e. The van der Waals surface area contributed by atoms with E-state index in [0.29, 0.717) is 17.8 Å². The van der Waals surface area contributed by atoms with E-state index in [0.717, 1.165) is 24.5 Å². The van der Waals surface area contributed by atoms with Gasteiger partial charge in [0.1, 0.15) is 5.82 Å². The van der Waals surface area contributed by atoms with Crippen molar-refractivity contribution in [2.45, 2.75) is 53.1 Å². The van der Waals surface area contributed by atoms with Gasteiger partial charge < -0.3 is 15.2 Å². The molecule has 2 heterocycles. The molecule has 26 heavy (non-hydrogen) atoms. The number of rotatable bonds is 4. The van der Waals surface area contributed by atoms with E-state index in [-0.39, 0.29) is 11.8 Å². The molecular formula is C20H26N4O2. The SMILES string of the molecule is CC(C)(C)C(=O)Nc1cccc(C(=O)NCc2cn3c(n2)CCCC3)c1. The number of fused-ring (bicyclic) bond motifs is 1. The summed E-state index contributed by atoms with van der Waals surface area (Å²) in [5.74, 6) is 0.842. The Morgan fingerprint density at radius 3 is 2.77 bits per heavy atom. The van der Waals surface area contributed by atoms with Gasteiger partial charge in [0.2, 0.25) is 5.91 Å². The summed E-state index contributed by atoms with van der Waals surface area (Å²) in [7, 11) is 0. The summed E-state index contributed by atoms with van der Waals surface area (Å²) < 4.78 is 2.17. The number of aryl methyl sites for hydroxylation is 2. The third kappa shape index (κ3) is 4.31. The molecule has 0 bridgehead atoms. The number of aromatic nitrogens is 2. The normalized spacial score (nSPS) is 13.8. The molecule has 1 aromatic heterocycles. The first kappa shape index (κ1) is 18.2. The summed E-state index contributed by atoms with van der Waals surface area (Å²) >= 11 is 0. The maximum absolute atomic E-state index is 12.4. The minimum atomic E-state index is -0.488. The van der Waals surface area contributed by atoms with Crippen LogP contribution < -0.4 is 10.6 Å². The first-order chi connectivity index (χ1) is 12.3. The number of imidazole rings is 1. The van der Waals surface area contributed by atoms with Crippen molar-refractivity contribution in [1.82, 2.24) is 14.9 Å². The molecule has 0 fully saturated rings. The molecule has 1 aliphatic heterocycles. The Labute approximate surface area is 154 Å². The van der Waals surface area contributed by atoms with Gasteiger partial charge in [-0.3, -0.25) is 9.59 Å². The maximum Gasteiger partial charge on any atom is 0.251 e. The van der Waals surface area contributed by atoms with Gasteiger partial charge in [-0.1, -0.05) is 26.8 Å². The molecule has 0 radical (unpaired) electrons. The zero-order valence-corrected chi connectivity index (χ0v) is 15.6. The number of carbonyl (C=O) groups is 2. The lowest BCUT2D eigenvalue weighted by atomic mass is 9.95. The summed E-state index contributed by atoms with van der Waals surface area (Å²) in [5, 5.41) is 5.76. The summed E-state index contributed by atoms with van der Waals surface area (Å²) in [6.45, 7) is 6.96. The summed E-state index contributed by atoms with van der Waals surface area (Å²) in [5.41, 5.74) is 1.53. The van der Waals surface area contributed by atoms with Crippen LogP contribution in [0.1, 0.15) is 55.5 Å². The number of anilines is 1. The monoisotopic (exact) mass is 354 g/mol. The fourth-order valence-corrected chi connectivity index (χ4v) is 2.89. The van der Waals surface area contributed by atoms with Crippen LogP contribution in [0.5, 0.6) is 0 Å². The van der Waals surface area contributed by atoms with Crippen LogP contribution in [0.2, 0.25) is 0 Å². The lowest BCUT2D eigenvalue weighted by Gasteiger charge is -2.18. The molecule has 1 aromatic carbocycles. The standard InChI is InChI=1S/C20H26N4O2/c1-20(2,3)19(26)23-15-8-6-7-14(11-15)18(25)21-12-16-13-24-10-5-4-9-17(24)22-16/h6-8,11,13H,4-5,9-10,12H2,1-3H3,(H,21,25)(H,23,26). The van der Waals surface area contributed by atoms with Crippen LogP contribution in [0, 0.1) is 5.41 Å². The van der Waals surface area contributed by atoms with Gasteiger partial charge in [-0.05, 0) is 31.0 Å². The molecule has 138 valence electrons. The van der Waals surface area contributed by atoms with Crippen LogP contribution in [-0.2, 0) is 24.3 Å². The van der Waals surface area contributed by atoms with Gasteiger partial charge in [-0.15, -0.1) is 0 Å². The second-order valence-electron chi connectivity index (χ2n) is 7.77. The molecule has 0 aliphatic carbocycles. The van der Waals surface area contributed by atoms with E-state index < -0.39 is 5.41 Å². The lowest BCUT2D eigenvalue weighted by molar-refractivity contribution is -0.123. The molecule has 0 saturated heterocycles. The maximum atomic E-state index is 12.4. The van der Waals surface area contributed by atoms with Crippen molar-refractivity contribution in [2.24, 2.45) is 5.41 Å². The molecular weight excluding hydrogens is 328 g/mol. The van der Waals surface area contributed by atoms with Crippen molar-refractivity contribution in [3.63, 3.8) is 0 Å². The molecule has 0 saturated carbocycles. The first-order valence-electron chi connectivity index (χ1n) is 9.07. The van der Waals surface area contributed by atoms with E-state index in [1.807, 2.05) is 27.0 Å². The summed E-state index contributed by atoms with van der Waals surface area (Å²) in [6, 6.07) is 6.98. The van der Waals surface area contributed by atoms with Gasteiger partial charge in [0, 0.05) is 35.8 Å². The molecule has 6 nitrogen and oxygen atoms in total. The van der Waals surface area contributed by atoms with Crippen LogP contribution >= 0.6 is 0 Å². The average molecular weight is 354 g/mol. The van der Waals surface area contributed by atoms with Crippen molar-refractivity contribution in [1.29, 1.82) is 0 Å². The summed E-state index contributed by atoms with van der Waals surface area (Å²) in [6.07, 6.45) is 5.39. The van der Waals surface area contributed by atoms with Crippen LogP contribution in [0.25, 0.3) is 0 Å². The highest BCUT2D eigenvalue weighted by atomic mass is 16.2. The number of hydrogen-bond donors (Lipinski definition) is 2. The fraction of sp³-hybridized carbons (Fsp3) is 0.450. The van der Waals surface area contributed by atoms with Crippen molar-refractivity contribution in [2.75, 3.05) is 5.32 Å². The second-order valence-corrected chi connectivity index (χ2v) is 7.77. The van der Waals surface area contributed by atoms with Crippen molar-refractivity contribution in [3.8, 4) is 0 Å². The van der Waals surface area contributed by atoms with Crippen molar-refractivity contribution >= 4 is 17.5 Å². The van der Waals surface area contributed by atoms with Gasteiger partial charge in [-0.2, -0.15) is 0 Å². The Hall–Kier alpha value is -2.63. The third-order valence-corrected chi connectivity index (χ3v) is 4.45. The Morgan fingerprint density at radius 1 is 1.23 bits per heavy atom. The highest BCUT2D eigenvalue weighted by molar-refractivity contribution is 5.98. The van der Waals surface area contributed by atoms with Gasteiger partial charge >= 0.3 is 0 Å². The minimum absolute atomic E-state index is 0.0846.